The number of alkyl halides is 2. The molecule has 0 unspecified atom stereocenters. The van der Waals surface area contributed by atoms with Gasteiger partial charge in [-0.05, 0) is 0 Å². The zero-order valence-corrected chi connectivity index (χ0v) is 5.77. The Morgan fingerprint density at radius 3 is 2.50 bits per heavy atom. The van der Waals surface area contributed by atoms with Gasteiger partial charge in [0.15, 0.2) is 5.82 Å². The van der Waals surface area contributed by atoms with Gasteiger partial charge in [0.25, 0.3) is 6.43 Å². The fraction of sp³-hybridized carbons (Fsp3) is 0.167. The number of aromatic amines is 1. The van der Waals surface area contributed by atoms with Crippen molar-refractivity contribution in [3.63, 3.8) is 0 Å². The molecule has 0 aromatic carbocycles. The number of nitrogens with two attached hydrogens (primary N) is 1. The van der Waals surface area contributed by atoms with Gasteiger partial charge in [0.2, 0.25) is 5.43 Å². The highest BCUT2D eigenvalue weighted by atomic mass is 19.3. The summed E-state index contributed by atoms with van der Waals surface area (Å²) in [5.74, 6) is -1.77. The minimum absolute atomic E-state index is 0.503. The normalized spacial score (nSPS) is 10.7. The summed E-state index contributed by atoms with van der Waals surface area (Å²) in [5, 5.41) is 0. The second kappa shape index (κ2) is 2.88. The number of hydrogen-bond acceptors (Lipinski definition) is 2. The number of H-pyrrole nitrogens is 1. The van der Waals surface area contributed by atoms with Crippen LogP contribution in [-0.2, 0) is 0 Å². The molecule has 0 saturated heterocycles. The van der Waals surface area contributed by atoms with E-state index in [0.717, 1.165) is 0 Å². The summed E-state index contributed by atoms with van der Waals surface area (Å²) >= 11 is 0. The van der Waals surface area contributed by atoms with Gasteiger partial charge in [0, 0.05) is 6.20 Å². The molecule has 0 aliphatic carbocycles. The summed E-state index contributed by atoms with van der Waals surface area (Å²) in [4.78, 5) is 12.7. The standard InChI is InChI=1S/C6H5F3N2O/c7-2-1-11-6(10)3(4(2)12)5(8)9/h1,5H,(H3,10,11,12). The average molecular weight is 178 g/mol. The lowest BCUT2D eigenvalue weighted by atomic mass is 10.2. The van der Waals surface area contributed by atoms with Crippen molar-refractivity contribution in [1.29, 1.82) is 0 Å². The van der Waals surface area contributed by atoms with Gasteiger partial charge in [-0.3, -0.25) is 4.79 Å². The molecule has 0 amide bonds. The van der Waals surface area contributed by atoms with Crippen LogP contribution in [0.25, 0.3) is 0 Å². The fourth-order valence-electron chi connectivity index (χ4n) is 0.752. The Morgan fingerprint density at radius 1 is 1.50 bits per heavy atom. The van der Waals surface area contributed by atoms with E-state index >= 15 is 0 Å². The molecule has 0 aliphatic rings. The molecule has 3 nitrogen and oxygen atoms in total. The summed E-state index contributed by atoms with van der Waals surface area (Å²) < 4.78 is 36.4. The van der Waals surface area contributed by atoms with E-state index < -0.39 is 29.1 Å². The van der Waals surface area contributed by atoms with Gasteiger partial charge in [-0.1, -0.05) is 0 Å². The van der Waals surface area contributed by atoms with Crippen molar-refractivity contribution in [3.8, 4) is 0 Å². The first-order valence-corrected chi connectivity index (χ1v) is 2.98. The summed E-state index contributed by atoms with van der Waals surface area (Å²) in [5.41, 5.74) is 2.61. The van der Waals surface area contributed by atoms with Gasteiger partial charge in [0.05, 0.1) is 0 Å². The molecule has 1 aromatic heterocycles. The maximum absolute atomic E-state index is 12.4. The molecule has 6 heteroatoms. The highest BCUT2D eigenvalue weighted by Crippen LogP contribution is 2.19. The number of nitrogens with one attached hydrogen (secondary N) is 1. The minimum Gasteiger partial charge on any atom is -0.385 e. The minimum atomic E-state index is -3.07. The molecular formula is C6H5F3N2O. The molecule has 12 heavy (non-hydrogen) atoms. The summed E-state index contributed by atoms with van der Waals surface area (Å²) in [6.07, 6.45) is -2.42. The molecule has 66 valence electrons. The maximum Gasteiger partial charge on any atom is 0.271 e. The number of pyridine rings is 1. The molecule has 1 aromatic rings. The van der Waals surface area contributed by atoms with Crippen LogP contribution in [0.15, 0.2) is 11.0 Å². The van der Waals surface area contributed by atoms with Gasteiger partial charge >= 0.3 is 0 Å². The van der Waals surface area contributed by atoms with Crippen LogP contribution in [0.4, 0.5) is 19.0 Å². The molecule has 0 saturated carbocycles. The third-order valence-electron chi connectivity index (χ3n) is 1.32. The average Bonchev–Trinajstić information content (AvgIpc) is 1.97. The fourth-order valence-corrected chi connectivity index (χ4v) is 0.752. The number of hydrogen-bond donors (Lipinski definition) is 2. The van der Waals surface area contributed by atoms with Crippen molar-refractivity contribution in [3.05, 3.63) is 27.8 Å². The first kappa shape index (κ1) is 8.63. The SMILES string of the molecule is Nc1[nH]cc(F)c(=O)c1C(F)F. The number of nitrogen functional groups attached to an aromatic ring is 1. The number of halogens is 3. The van der Waals surface area contributed by atoms with Crippen molar-refractivity contribution >= 4 is 5.82 Å². The van der Waals surface area contributed by atoms with Crippen molar-refractivity contribution in [1.82, 2.24) is 4.98 Å². The van der Waals surface area contributed by atoms with Crippen molar-refractivity contribution in [2.75, 3.05) is 5.73 Å². The van der Waals surface area contributed by atoms with E-state index in [4.69, 9.17) is 5.73 Å². The smallest absolute Gasteiger partial charge is 0.271 e. The van der Waals surface area contributed by atoms with Gasteiger partial charge in [0.1, 0.15) is 11.4 Å². The van der Waals surface area contributed by atoms with Gasteiger partial charge in [-0.25, -0.2) is 13.2 Å². The Kier molecular flexibility index (Phi) is 2.07. The number of anilines is 1. The monoisotopic (exact) mass is 178 g/mol. The van der Waals surface area contributed by atoms with Crippen molar-refractivity contribution in [2.45, 2.75) is 6.43 Å². The number of aromatic nitrogens is 1. The van der Waals surface area contributed by atoms with E-state index in [0.29, 0.717) is 6.20 Å². The lowest BCUT2D eigenvalue weighted by Gasteiger charge is -2.01. The van der Waals surface area contributed by atoms with Gasteiger partial charge in [-0.15, -0.1) is 0 Å². The first-order chi connectivity index (χ1) is 5.54. The molecule has 0 fully saturated rings. The Hall–Kier alpha value is -1.46. The van der Waals surface area contributed by atoms with Crippen LogP contribution in [0.3, 0.4) is 0 Å². The molecule has 1 heterocycles. The van der Waals surface area contributed by atoms with E-state index in [2.05, 4.69) is 0 Å². The second-order valence-electron chi connectivity index (χ2n) is 2.09. The third kappa shape index (κ3) is 1.27. The Bertz CT molecular complexity index is 347. The molecule has 0 radical (unpaired) electrons. The highest BCUT2D eigenvalue weighted by Gasteiger charge is 2.18. The lowest BCUT2D eigenvalue weighted by molar-refractivity contribution is 0.150. The third-order valence-corrected chi connectivity index (χ3v) is 1.32. The van der Waals surface area contributed by atoms with E-state index in [-0.39, 0.29) is 0 Å². The predicted octanol–water partition coefficient (Wildman–Crippen LogP) is 1.03. The van der Waals surface area contributed by atoms with Crippen LogP contribution in [0.1, 0.15) is 12.0 Å². The maximum atomic E-state index is 12.4. The van der Waals surface area contributed by atoms with E-state index in [9.17, 15) is 18.0 Å². The van der Waals surface area contributed by atoms with Gasteiger partial charge in [-0.2, -0.15) is 0 Å². The van der Waals surface area contributed by atoms with Crippen LogP contribution in [0.2, 0.25) is 0 Å². The Labute approximate surface area is 65.0 Å². The Morgan fingerprint density at radius 2 is 2.08 bits per heavy atom. The van der Waals surface area contributed by atoms with E-state index in [1.165, 1.54) is 0 Å². The summed E-state index contributed by atoms with van der Waals surface area (Å²) in [6, 6.07) is 0. The molecule has 0 bridgehead atoms. The molecule has 3 N–H and O–H groups in total. The van der Waals surface area contributed by atoms with E-state index in [1.807, 2.05) is 4.98 Å². The summed E-state index contributed by atoms with van der Waals surface area (Å²) in [6.45, 7) is 0. The molecule has 0 atom stereocenters. The topological polar surface area (TPSA) is 58.9 Å². The largest absolute Gasteiger partial charge is 0.385 e. The predicted molar refractivity (Wildman–Crippen MR) is 36.4 cm³/mol. The molecule has 1 rings (SSSR count). The van der Waals surface area contributed by atoms with Crippen molar-refractivity contribution in [2.24, 2.45) is 0 Å². The summed E-state index contributed by atoms with van der Waals surface area (Å²) in [7, 11) is 0. The van der Waals surface area contributed by atoms with Crippen molar-refractivity contribution < 1.29 is 13.2 Å². The Balaban J connectivity index is 3.44. The highest BCUT2D eigenvalue weighted by molar-refractivity contribution is 5.39. The molecule has 0 spiro atoms. The van der Waals surface area contributed by atoms with Crippen LogP contribution in [0, 0.1) is 5.82 Å². The van der Waals surface area contributed by atoms with Crippen LogP contribution >= 0.6 is 0 Å². The van der Waals surface area contributed by atoms with Gasteiger partial charge < -0.3 is 10.7 Å². The van der Waals surface area contributed by atoms with Crippen LogP contribution in [0.5, 0.6) is 0 Å². The molecule has 0 aliphatic heterocycles. The van der Waals surface area contributed by atoms with Crippen LogP contribution in [-0.4, -0.2) is 4.98 Å². The lowest BCUT2D eigenvalue weighted by Crippen LogP contribution is -2.17. The van der Waals surface area contributed by atoms with E-state index in [1.54, 1.807) is 0 Å². The zero-order chi connectivity index (χ0) is 9.30. The zero-order valence-electron chi connectivity index (χ0n) is 5.77. The van der Waals surface area contributed by atoms with Crippen LogP contribution < -0.4 is 11.2 Å². The quantitative estimate of drug-likeness (QED) is 0.674. The number of rotatable bonds is 1. The first-order valence-electron chi connectivity index (χ1n) is 2.98. The molecular weight excluding hydrogens is 173 g/mol. The second-order valence-corrected chi connectivity index (χ2v) is 2.09.